The standard InChI is InChI=1S/C21H27N5O/c1-5-25(4)21(27)16-10-11-19(22-14-16)26(6-2)13-12-18-23-17-9-7-8-15(3)20(17)24-18/h7-11,14H,5-6,12-13H2,1-4H3,(H,23,24). The monoisotopic (exact) mass is 365 g/mol. The first-order valence-corrected chi connectivity index (χ1v) is 9.44. The van der Waals surface area contributed by atoms with Gasteiger partial charge in [-0.05, 0) is 44.5 Å². The van der Waals surface area contributed by atoms with Gasteiger partial charge in [0.15, 0.2) is 0 Å². The van der Waals surface area contributed by atoms with Crippen molar-refractivity contribution in [3.05, 3.63) is 53.5 Å². The molecule has 0 aliphatic carbocycles. The third kappa shape index (κ3) is 4.10. The van der Waals surface area contributed by atoms with Gasteiger partial charge >= 0.3 is 0 Å². The van der Waals surface area contributed by atoms with Crippen LogP contribution in [0.5, 0.6) is 0 Å². The number of imidazole rings is 1. The summed E-state index contributed by atoms with van der Waals surface area (Å²) >= 11 is 0. The van der Waals surface area contributed by atoms with Gasteiger partial charge in [-0.25, -0.2) is 9.97 Å². The van der Waals surface area contributed by atoms with Gasteiger partial charge in [-0.2, -0.15) is 0 Å². The van der Waals surface area contributed by atoms with Crippen LogP contribution in [0.2, 0.25) is 0 Å². The summed E-state index contributed by atoms with van der Waals surface area (Å²) in [7, 11) is 1.80. The quantitative estimate of drug-likeness (QED) is 0.697. The normalized spacial score (nSPS) is 11.0. The first-order chi connectivity index (χ1) is 13.0. The number of para-hydroxylation sites is 1. The van der Waals surface area contributed by atoms with Crippen LogP contribution in [0.1, 0.15) is 35.6 Å². The van der Waals surface area contributed by atoms with Crippen molar-refractivity contribution in [3.8, 4) is 0 Å². The molecular weight excluding hydrogens is 338 g/mol. The summed E-state index contributed by atoms with van der Waals surface area (Å²) in [5.41, 5.74) is 3.92. The Morgan fingerprint density at radius 3 is 2.59 bits per heavy atom. The van der Waals surface area contributed by atoms with Crippen molar-refractivity contribution in [3.63, 3.8) is 0 Å². The SMILES string of the molecule is CCN(C)C(=O)c1ccc(N(CC)CCc2nc3c(C)cccc3[nH]2)nc1. The number of pyridine rings is 1. The van der Waals surface area contributed by atoms with Gasteiger partial charge in [-0.3, -0.25) is 4.79 Å². The zero-order chi connectivity index (χ0) is 19.4. The van der Waals surface area contributed by atoms with E-state index in [4.69, 9.17) is 4.98 Å². The van der Waals surface area contributed by atoms with Crippen molar-refractivity contribution in [1.82, 2.24) is 19.9 Å². The molecule has 1 amide bonds. The van der Waals surface area contributed by atoms with Crippen LogP contribution in [-0.4, -0.2) is 52.4 Å². The molecule has 0 bridgehead atoms. The summed E-state index contributed by atoms with van der Waals surface area (Å²) < 4.78 is 0. The number of hydrogen-bond acceptors (Lipinski definition) is 4. The van der Waals surface area contributed by atoms with E-state index in [1.165, 1.54) is 5.56 Å². The molecule has 0 aliphatic heterocycles. The van der Waals surface area contributed by atoms with Gasteiger partial charge in [0.2, 0.25) is 0 Å². The van der Waals surface area contributed by atoms with Crippen LogP contribution in [0.4, 0.5) is 5.82 Å². The van der Waals surface area contributed by atoms with Gasteiger partial charge in [0.25, 0.3) is 5.91 Å². The molecule has 1 aromatic carbocycles. The first kappa shape index (κ1) is 18.9. The molecule has 2 heterocycles. The second-order valence-electron chi connectivity index (χ2n) is 6.71. The van der Waals surface area contributed by atoms with Crippen LogP contribution >= 0.6 is 0 Å². The molecule has 6 nitrogen and oxygen atoms in total. The average molecular weight is 365 g/mol. The number of amides is 1. The number of likely N-dealkylation sites (N-methyl/N-ethyl adjacent to an activating group) is 1. The fraction of sp³-hybridized carbons (Fsp3) is 0.381. The van der Waals surface area contributed by atoms with Crippen LogP contribution in [0, 0.1) is 6.92 Å². The lowest BCUT2D eigenvalue weighted by Crippen LogP contribution is -2.28. The largest absolute Gasteiger partial charge is 0.356 e. The van der Waals surface area contributed by atoms with Crippen LogP contribution in [0.25, 0.3) is 11.0 Å². The second-order valence-corrected chi connectivity index (χ2v) is 6.71. The number of fused-ring (bicyclic) bond motifs is 1. The Labute approximate surface area is 160 Å². The fourth-order valence-corrected chi connectivity index (χ4v) is 3.08. The minimum Gasteiger partial charge on any atom is -0.356 e. The van der Waals surface area contributed by atoms with Crippen molar-refractivity contribution in [2.45, 2.75) is 27.2 Å². The molecule has 3 rings (SSSR count). The van der Waals surface area contributed by atoms with Gasteiger partial charge in [-0.1, -0.05) is 12.1 Å². The summed E-state index contributed by atoms with van der Waals surface area (Å²) in [5.74, 6) is 1.85. The van der Waals surface area contributed by atoms with Crippen LogP contribution in [0.3, 0.4) is 0 Å². The van der Waals surface area contributed by atoms with E-state index in [9.17, 15) is 4.79 Å². The number of benzene rings is 1. The maximum absolute atomic E-state index is 12.2. The third-order valence-corrected chi connectivity index (χ3v) is 4.90. The molecule has 0 saturated carbocycles. The zero-order valence-corrected chi connectivity index (χ0v) is 16.5. The molecule has 0 fully saturated rings. The van der Waals surface area contributed by atoms with Gasteiger partial charge in [0, 0.05) is 39.3 Å². The molecule has 3 aromatic rings. The van der Waals surface area contributed by atoms with E-state index in [-0.39, 0.29) is 5.91 Å². The van der Waals surface area contributed by atoms with Gasteiger partial charge in [0.05, 0.1) is 16.6 Å². The molecule has 0 aliphatic rings. The minimum atomic E-state index is -0.00255. The van der Waals surface area contributed by atoms with E-state index in [0.717, 1.165) is 42.2 Å². The Bertz CT molecular complexity index is 916. The number of carbonyl (C=O) groups is 1. The second kappa shape index (κ2) is 8.20. The molecule has 6 heteroatoms. The number of anilines is 1. The third-order valence-electron chi connectivity index (χ3n) is 4.90. The molecule has 0 spiro atoms. The molecule has 2 aromatic heterocycles. The zero-order valence-electron chi connectivity index (χ0n) is 16.5. The highest BCUT2D eigenvalue weighted by Crippen LogP contribution is 2.17. The fourth-order valence-electron chi connectivity index (χ4n) is 3.08. The molecule has 0 atom stereocenters. The number of carbonyl (C=O) groups excluding carboxylic acids is 1. The topological polar surface area (TPSA) is 65.1 Å². The Hall–Kier alpha value is -2.89. The van der Waals surface area contributed by atoms with Crippen LogP contribution in [0.15, 0.2) is 36.5 Å². The molecule has 0 saturated heterocycles. The van der Waals surface area contributed by atoms with E-state index in [1.807, 2.05) is 25.1 Å². The highest BCUT2D eigenvalue weighted by molar-refractivity contribution is 5.93. The molecule has 27 heavy (non-hydrogen) atoms. The van der Waals surface area contributed by atoms with Gasteiger partial charge < -0.3 is 14.8 Å². The number of H-pyrrole nitrogens is 1. The van der Waals surface area contributed by atoms with Crippen molar-refractivity contribution < 1.29 is 4.79 Å². The van der Waals surface area contributed by atoms with Gasteiger partial charge in [-0.15, -0.1) is 0 Å². The number of nitrogens with one attached hydrogen (secondary N) is 1. The Morgan fingerprint density at radius 2 is 1.96 bits per heavy atom. The summed E-state index contributed by atoms with van der Waals surface area (Å²) in [6, 6.07) is 9.95. The lowest BCUT2D eigenvalue weighted by Gasteiger charge is -2.22. The number of hydrogen-bond donors (Lipinski definition) is 1. The maximum atomic E-state index is 12.2. The van der Waals surface area contributed by atoms with Crippen molar-refractivity contribution in [2.75, 3.05) is 31.6 Å². The maximum Gasteiger partial charge on any atom is 0.255 e. The molecule has 0 unspecified atom stereocenters. The Morgan fingerprint density at radius 1 is 1.15 bits per heavy atom. The molecule has 1 N–H and O–H groups in total. The number of aryl methyl sites for hydroxylation is 1. The Kier molecular flexibility index (Phi) is 5.74. The summed E-state index contributed by atoms with van der Waals surface area (Å²) in [6.07, 6.45) is 2.47. The summed E-state index contributed by atoms with van der Waals surface area (Å²) in [5, 5.41) is 0. The molecular formula is C21H27N5O. The van der Waals surface area contributed by atoms with E-state index < -0.39 is 0 Å². The van der Waals surface area contributed by atoms with Crippen LogP contribution in [-0.2, 0) is 6.42 Å². The first-order valence-electron chi connectivity index (χ1n) is 9.44. The average Bonchev–Trinajstić information content (AvgIpc) is 3.12. The van der Waals surface area contributed by atoms with E-state index in [1.54, 1.807) is 18.1 Å². The van der Waals surface area contributed by atoms with Crippen LogP contribution < -0.4 is 4.90 Å². The number of aromatic nitrogens is 3. The number of nitrogens with zero attached hydrogens (tertiary/aromatic N) is 4. The van der Waals surface area contributed by atoms with E-state index >= 15 is 0 Å². The number of rotatable bonds is 7. The number of aromatic amines is 1. The summed E-state index contributed by atoms with van der Waals surface area (Å²) in [6.45, 7) is 8.47. The highest BCUT2D eigenvalue weighted by Gasteiger charge is 2.13. The molecule has 0 radical (unpaired) electrons. The molecule has 142 valence electrons. The minimum absolute atomic E-state index is 0.00255. The highest BCUT2D eigenvalue weighted by atomic mass is 16.2. The predicted octanol–water partition coefficient (Wildman–Crippen LogP) is 3.43. The van der Waals surface area contributed by atoms with E-state index in [2.05, 4.69) is 40.8 Å². The predicted molar refractivity (Wildman–Crippen MR) is 109 cm³/mol. The van der Waals surface area contributed by atoms with Crippen molar-refractivity contribution in [1.29, 1.82) is 0 Å². The van der Waals surface area contributed by atoms with Gasteiger partial charge in [0.1, 0.15) is 11.6 Å². The van der Waals surface area contributed by atoms with Crippen molar-refractivity contribution in [2.24, 2.45) is 0 Å². The smallest absolute Gasteiger partial charge is 0.255 e. The van der Waals surface area contributed by atoms with E-state index in [0.29, 0.717) is 12.1 Å². The lowest BCUT2D eigenvalue weighted by atomic mass is 10.2. The van der Waals surface area contributed by atoms with Crippen molar-refractivity contribution >= 4 is 22.8 Å². The summed E-state index contributed by atoms with van der Waals surface area (Å²) in [4.78, 5) is 28.7. The Balaban J connectivity index is 1.69. The lowest BCUT2D eigenvalue weighted by molar-refractivity contribution is 0.0802.